The number of nitrogens with zero attached hydrogens (tertiary/aromatic N) is 5. The van der Waals surface area contributed by atoms with Gasteiger partial charge in [-0.2, -0.15) is 0 Å². The maximum atomic E-state index is 6.59. The molecule has 0 radical (unpaired) electrons. The molecule has 2 aromatic heterocycles. The summed E-state index contributed by atoms with van der Waals surface area (Å²) in [5, 5.41) is 5.89. The van der Waals surface area contributed by atoms with Crippen molar-refractivity contribution in [3.63, 3.8) is 0 Å². The number of hydrogen-bond donors (Lipinski definition) is 1. The van der Waals surface area contributed by atoms with Crippen molar-refractivity contribution in [3.8, 4) is 10.6 Å². The number of thiazole rings is 1. The largest absolute Gasteiger partial charge is 0.378 e. The van der Waals surface area contributed by atoms with Gasteiger partial charge in [-0.3, -0.25) is 0 Å². The van der Waals surface area contributed by atoms with Gasteiger partial charge in [-0.05, 0) is 49.4 Å². The average molecular weight is 562 g/mol. The number of morpholine rings is 1. The van der Waals surface area contributed by atoms with Crippen molar-refractivity contribution < 1.29 is 4.74 Å². The lowest BCUT2D eigenvalue weighted by atomic mass is 10.2. The molecule has 5 rings (SSSR count). The van der Waals surface area contributed by atoms with Gasteiger partial charge in [-0.15, -0.1) is 0 Å². The second-order valence-electron chi connectivity index (χ2n) is 8.25. The van der Waals surface area contributed by atoms with E-state index in [4.69, 9.17) is 49.5 Å². The minimum atomic E-state index is 0.479. The van der Waals surface area contributed by atoms with Gasteiger partial charge in [0.05, 0.1) is 40.2 Å². The van der Waals surface area contributed by atoms with Crippen LogP contribution in [0.3, 0.4) is 0 Å². The molecule has 1 N–H and O–H groups in total. The molecule has 1 fully saturated rings. The lowest BCUT2D eigenvalue weighted by molar-refractivity contribution is 0.122. The fourth-order valence-electron chi connectivity index (χ4n) is 3.93. The Bertz CT molecular complexity index is 1370. The number of halogens is 3. The number of aromatic nitrogens is 3. The number of hydrogen-bond acceptors (Lipinski definition) is 8. The van der Waals surface area contributed by atoms with Crippen LogP contribution in [0.4, 0.5) is 28.1 Å². The SMILES string of the molecule is Cc1nc(N(C)c2cc(Cl)cc(Cl)c2)sc1-c1ccnc(Nc2ccc(N3CCOCC3)c(Cl)c2)n1. The van der Waals surface area contributed by atoms with Crippen molar-refractivity contribution in [1.29, 1.82) is 0 Å². The van der Waals surface area contributed by atoms with Gasteiger partial charge in [0, 0.05) is 47.8 Å². The van der Waals surface area contributed by atoms with Crippen LogP contribution in [0, 0.1) is 6.92 Å². The lowest BCUT2D eigenvalue weighted by Gasteiger charge is -2.29. The third-order valence-corrected chi connectivity index (χ3v) is 7.75. The molecule has 7 nitrogen and oxygen atoms in total. The van der Waals surface area contributed by atoms with Crippen LogP contribution in [0.5, 0.6) is 0 Å². The Hall–Kier alpha value is -2.62. The molecule has 186 valence electrons. The van der Waals surface area contributed by atoms with Gasteiger partial charge in [0.1, 0.15) is 0 Å². The minimum Gasteiger partial charge on any atom is -0.378 e. The summed E-state index contributed by atoms with van der Waals surface area (Å²) in [5.41, 5.74) is 4.32. The molecule has 1 saturated heterocycles. The second-order valence-corrected chi connectivity index (χ2v) is 10.5. The Morgan fingerprint density at radius 2 is 1.75 bits per heavy atom. The zero-order chi connectivity index (χ0) is 25.2. The van der Waals surface area contributed by atoms with Crippen molar-refractivity contribution in [2.75, 3.05) is 48.5 Å². The molecule has 0 atom stereocenters. The Morgan fingerprint density at radius 3 is 2.47 bits per heavy atom. The van der Waals surface area contributed by atoms with E-state index in [0.29, 0.717) is 34.2 Å². The molecule has 0 saturated carbocycles. The standard InChI is InChI=1S/C25H23Cl3N6OS/c1-15-23(36-25(30-15)33(2)19-12-16(26)11-17(27)13-19)21-5-6-29-24(32-21)31-18-3-4-22(20(28)14-18)34-7-9-35-10-8-34/h3-6,11-14H,7-10H2,1-2H3,(H,29,31,32). The van der Waals surface area contributed by atoms with Crippen molar-refractivity contribution in [2.24, 2.45) is 0 Å². The van der Waals surface area contributed by atoms with E-state index in [2.05, 4.69) is 15.2 Å². The Balaban J connectivity index is 1.36. The first-order valence-electron chi connectivity index (χ1n) is 11.3. The molecular weight excluding hydrogens is 539 g/mol. The van der Waals surface area contributed by atoms with Crippen LogP contribution < -0.4 is 15.1 Å². The highest BCUT2D eigenvalue weighted by molar-refractivity contribution is 7.19. The van der Waals surface area contributed by atoms with Crippen LogP contribution in [0.1, 0.15) is 5.69 Å². The molecule has 36 heavy (non-hydrogen) atoms. The summed E-state index contributed by atoms with van der Waals surface area (Å²) in [6.45, 7) is 5.03. The Morgan fingerprint density at radius 1 is 1.00 bits per heavy atom. The fraction of sp³-hybridized carbons (Fsp3) is 0.240. The zero-order valence-electron chi connectivity index (χ0n) is 19.6. The van der Waals surface area contributed by atoms with E-state index in [1.807, 2.05) is 55.3 Å². The van der Waals surface area contributed by atoms with Gasteiger partial charge in [-0.1, -0.05) is 46.1 Å². The summed E-state index contributed by atoms with van der Waals surface area (Å²) in [7, 11) is 1.93. The molecule has 1 aliphatic heterocycles. The third kappa shape index (κ3) is 5.53. The molecule has 4 aromatic rings. The van der Waals surface area contributed by atoms with E-state index >= 15 is 0 Å². The number of aryl methyl sites for hydroxylation is 1. The van der Waals surface area contributed by atoms with Gasteiger partial charge >= 0.3 is 0 Å². The van der Waals surface area contributed by atoms with E-state index in [9.17, 15) is 0 Å². The molecule has 1 aliphatic rings. The summed E-state index contributed by atoms with van der Waals surface area (Å²) in [4.78, 5) is 19.0. The maximum absolute atomic E-state index is 6.59. The second kappa shape index (κ2) is 10.8. The molecule has 0 aliphatic carbocycles. The Labute approximate surface area is 228 Å². The summed E-state index contributed by atoms with van der Waals surface area (Å²) in [6.07, 6.45) is 1.73. The quantitative estimate of drug-likeness (QED) is 0.267. The van der Waals surface area contributed by atoms with Crippen LogP contribution in [0.2, 0.25) is 15.1 Å². The van der Waals surface area contributed by atoms with E-state index in [1.54, 1.807) is 12.3 Å². The van der Waals surface area contributed by atoms with Crippen LogP contribution in [0.25, 0.3) is 10.6 Å². The molecule has 0 bridgehead atoms. The van der Waals surface area contributed by atoms with Crippen LogP contribution >= 0.6 is 46.1 Å². The van der Waals surface area contributed by atoms with Gasteiger partial charge in [0.15, 0.2) is 5.13 Å². The van der Waals surface area contributed by atoms with Gasteiger partial charge in [-0.25, -0.2) is 15.0 Å². The van der Waals surface area contributed by atoms with Crippen LogP contribution in [0.15, 0.2) is 48.7 Å². The molecule has 3 heterocycles. The molecule has 11 heteroatoms. The van der Waals surface area contributed by atoms with Gasteiger partial charge < -0.3 is 19.9 Å². The van der Waals surface area contributed by atoms with E-state index in [1.165, 1.54) is 11.3 Å². The topological polar surface area (TPSA) is 66.4 Å². The predicted molar refractivity (Wildman–Crippen MR) is 150 cm³/mol. The number of ether oxygens (including phenoxy) is 1. The van der Waals surface area contributed by atoms with Gasteiger partial charge in [0.25, 0.3) is 0 Å². The first kappa shape index (κ1) is 25.0. The summed E-state index contributed by atoms with van der Waals surface area (Å²) in [6, 6.07) is 13.2. The zero-order valence-corrected chi connectivity index (χ0v) is 22.7. The summed E-state index contributed by atoms with van der Waals surface area (Å²) < 4.78 is 5.44. The highest BCUT2D eigenvalue weighted by atomic mass is 35.5. The van der Waals surface area contributed by atoms with Crippen molar-refractivity contribution in [1.82, 2.24) is 15.0 Å². The molecular formula is C25H23Cl3N6OS. The normalized spacial score (nSPS) is 13.6. The van der Waals surface area contributed by atoms with Crippen LogP contribution in [-0.2, 0) is 4.74 Å². The van der Waals surface area contributed by atoms with E-state index < -0.39 is 0 Å². The number of rotatable bonds is 6. The fourth-order valence-corrected chi connectivity index (χ4v) is 5.76. The maximum Gasteiger partial charge on any atom is 0.227 e. The number of anilines is 5. The highest BCUT2D eigenvalue weighted by Gasteiger charge is 2.17. The highest BCUT2D eigenvalue weighted by Crippen LogP contribution is 2.38. The van der Waals surface area contributed by atoms with Crippen LogP contribution in [-0.4, -0.2) is 48.3 Å². The summed E-state index contributed by atoms with van der Waals surface area (Å²) in [5.74, 6) is 0.479. The summed E-state index contributed by atoms with van der Waals surface area (Å²) >= 11 is 20.5. The van der Waals surface area contributed by atoms with Crippen molar-refractivity contribution in [3.05, 3.63) is 69.4 Å². The number of nitrogens with one attached hydrogen (secondary N) is 1. The number of benzene rings is 2. The minimum absolute atomic E-state index is 0.479. The first-order chi connectivity index (χ1) is 17.4. The smallest absolute Gasteiger partial charge is 0.227 e. The van der Waals surface area contributed by atoms with Crippen molar-refractivity contribution >= 4 is 74.3 Å². The monoisotopic (exact) mass is 560 g/mol. The molecule has 0 unspecified atom stereocenters. The molecule has 2 aromatic carbocycles. The average Bonchev–Trinajstić information content (AvgIpc) is 3.25. The molecule has 0 spiro atoms. The lowest BCUT2D eigenvalue weighted by Crippen LogP contribution is -2.36. The molecule has 0 amide bonds. The Kier molecular flexibility index (Phi) is 7.50. The van der Waals surface area contributed by atoms with Crippen molar-refractivity contribution in [2.45, 2.75) is 6.92 Å². The van der Waals surface area contributed by atoms with E-state index in [0.717, 1.165) is 51.5 Å². The third-order valence-electron chi connectivity index (χ3n) is 5.75. The first-order valence-corrected chi connectivity index (χ1v) is 13.2. The van der Waals surface area contributed by atoms with E-state index in [-0.39, 0.29) is 0 Å². The predicted octanol–water partition coefficient (Wildman–Crippen LogP) is 7.22. The van der Waals surface area contributed by atoms with Gasteiger partial charge in [0.2, 0.25) is 5.95 Å².